The second-order valence-electron chi connectivity index (χ2n) is 4.99. The molecule has 1 fully saturated rings. The maximum atomic E-state index is 9.25. The van der Waals surface area contributed by atoms with E-state index in [1.165, 1.54) is 0 Å². The summed E-state index contributed by atoms with van der Waals surface area (Å²) in [6, 6.07) is 3.96. The first-order valence-corrected chi connectivity index (χ1v) is 6.68. The average Bonchev–Trinajstić information content (AvgIpc) is 3.02. The number of aliphatic hydroxyl groups excluding tert-OH is 1. The molecule has 0 aliphatic carbocycles. The molecule has 1 atom stereocenters. The van der Waals surface area contributed by atoms with Crippen LogP contribution in [-0.2, 0) is 0 Å². The molecule has 5 heteroatoms. The Morgan fingerprint density at radius 2 is 2.21 bits per heavy atom. The van der Waals surface area contributed by atoms with Crippen LogP contribution in [0, 0.1) is 5.92 Å². The van der Waals surface area contributed by atoms with E-state index >= 15 is 0 Å². The number of anilines is 1. The van der Waals surface area contributed by atoms with Crippen LogP contribution in [-0.4, -0.2) is 39.8 Å². The lowest BCUT2D eigenvalue weighted by molar-refractivity contribution is 0.208. The normalized spacial score (nSPS) is 19.6. The molecule has 1 unspecified atom stereocenters. The summed E-state index contributed by atoms with van der Waals surface area (Å²) in [6.45, 7) is 2.06. The van der Waals surface area contributed by atoms with Gasteiger partial charge in [-0.2, -0.15) is 0 Å². The van der Waals surface area contributed by atoms with E-state index in [4.69, 9.17) is 0 Å². The summed E-state index contributed by atoms with van der Waals surface area (Å²) in [5.74, 6) is 1.11. The number of H-pyrrole nitrogens is 1. The van der Waals surface area contributed by atoms with Crippen molar-refractivity contribution in [2.24, 2.45) is 5.92 Å². The summed E-state index contributed by atoms with van der Waals surface area (Å²) in [6.07, 6.45) is 7.76. The number of nitrogens with one attached hydrogen (secondary N) is 1. The molecular weight excluding hydrogens is 240 g/mol. The highest BCUT2D eigenvalue weighted by atomic mass is 16.3. The second-order valence-corrected chi connectivity index (χ2v) is 4.99. The number of hydrogen-bond acceptors (Lipinski definition) is 4. The van der Waals surface area contributed by atoms with Crippen molar-refractivity contribution in [3.8, 4) is 11.3 Å². The minimum absolute atomic E-state index is 0.247. The molecule has 2 aromatic rings. The van der Waals surface area contributed by atoms with Gasteiger partial charge in [0, 0.05) is 49.5 Å². The molecule has 1 aliphatic heterocycles. The highest BCUT2D eigenvalue weighted by molar-refractivity contribution is 5.57. The maximum Gasteiger partial charge on any atom is 0.225 e. The molecule has 2 N–H and O–H groups in total. The topological polar surface area (TPSA) is 65.0 Å². The van der Waals surface area contributed by atoms with Crippen molar-refractivity contribution in [3.63, 3.8) is 0 Å². The third kappa shape index (κ3) is 2.61. The number of hydrogen-bond donors (Lipinski definition) is 2. The van der Waals surface area contributed by atoms with E-state index < -0.39 is 0 Å². The Balaban J connectivity index is 1.75. The SMILES string of the molecule is OCC1CCCN(c2ncc(-c3ccc[nH]3)cn2)C1. The quantitative estimate of drug-likeness (QED) is 0.879. The molecule has 2 aromatic heterocycles. The average molecular weight is 258 g/mol. The van der Waals surface area contributed by atoms with E-state index in [-0.39, 0.29) is 6.61 Å². The van der Waals surface area contributed by atoms with Gasteiger partial charge in [-0.25, -0.2) is 9.97 Å². The number of nitrogens with zero attached hydrogens (tertiary/aromatic N) is 3. The molecule has 5 nitrogen and oxygen atoms in total. The van der Waals surface area contributed by atoms with Crippen LogP contribution in [0.1, 0.15) is 12.8 Å². The van der Waals surface area contributed by atoms with Crippen LogP contribution in [0.25, 0.3) is 11.3 Å². The van der Waals surface area contributed by atoms with Gasteiger partial charge in [-0.05, 0) is 30.9 Å². The molecule has 0 bridgehead atoms. The smallest absolute Gasteiger partial charge is 0.225 e. The number of aromatic nitrogens is 3. The maximum absolute atomic E-state index is 9.25. The number of piperidine rings is 1. The van der Waals surface area contributed by atoms with Crippen LogP contribution >= 0.6 is 0 Å². The Morgan fingerprint density at radius 1 is 1.37 bits per heavy atom. The van der Waals surface area contributed by atoms with Crippen LogP contribution < -0.4 is 4.90 Å². The van der Waals surface area contributed by atoms with Gasteiger partial charge in [0.1, 0.15) is 0 Å². The molecule has 0 amide bonds. The van der Waals surface area contributed by atoms with Crippen molar-refractivity contribution in [1.29, 1.82) is 0 Å². The van der Waals surface area contributed by atoms with Crippen LogP contribution in [0.4, 0.5) is 5.95 Å². The molecule has 3 heterocycles. The molecule has 1 aliphatic rings. The van der Waals surface area contributed by atoms with Crippen molar-refractivity contribution >= 4 is 5.95 Å². The summed E-state index contributed by atoms with van der Waals surface area (Å²) in [4.78, 5) is 14.2. The van der Waals surface area contributed by atoms with Crippen molar-refractivity contribution in [2.75, 3.05) is 24.6 Å². The summed E-state index contributed by atoms with van der Waals surface area (Å²) in [5.41, 5.74) is 2.02. The highest BCUT2D eigenvalue weighted by Crippen LogP contribution is 2.21. The van der Waals surface area contributed by atoms with Crippen LogP contribution in [0.15, 0.2) is 30.7 Å². The van der Waals surface area contributed by atoms with Crippen molar-refractivity contribution in [2.45, 2.75) is 12.8 Å². The van der Waals surface area contributed by atoms with Gasteiger partial charge in [0.25, 0.3) is 0 Å². The Hall–Kier alpha value is -1.88. The number of aliphatic hydroxyl groups is 1. The van der Waals surface area contributed by atoms with Gasteiger partial charge < -0.3 is 15.0 Å². The predicted octanol–water partition coefficient (Wildman–Crippen LogP) is 1.68. The molecule has 1 saturated heterocycles. The van der Waals surface area contributed by atoms with E-state index in [0.717, 1.165) is 43.1 Å². The Labute approximate surface area is 112 Å². The fraction of sp³-hybridized carbons (Fsp3) is 0.429. The minimum Gasteiger partial charge on any atom is -0.396 e. The van der Waals surface area contributed by atoms with Crippen LogP contribution in [0.5, 0.6) is 0 Å². The van der Waals surface area contributed by atoms with E-state index in [1.54, 1.807) is 0 Å². The van der Waals surface area contributed by atoms with Gasteiger partial charge in [-0.3, -0.25) is 0 Å². The van der Waals surface area contributed by atoms with E-state index in [0.29, 0.717) is 5.92 Å². The molecule has 0 radical (unpaired) electrons. The molecule has 0 aromatic carbocycles. The van der Waals surface area contributed by atoms with Gasteiger partial charge in [-0.1, -0.05) is 0 Å². The van der Waals surface area contributed by atoms with Crippen LogP contribution in [0.2, 0.25) is 0 Å². The third-order valence-corrected chi connectivity index (χ3v) is 3.61. The second kappa shape index (κ2) is 5.40. The van der Waals surface area contributed by atoms with E-state index in [9.17, 15) is 5.11 Å². The van der Waals surface area contributed by atoms with Crippen molar-refractivity contribution in [3.05, 3.63) is 30.7 Å². The van der Waals surface area contributed by atoms with Gasteiger partial charge >= 0.3 is 0 Å². The Bertz CT molecular complexity index is 509. The summed E-state index contributed by atoms with van der Waals surface area (Å²) >= 11 is 0. The standard InChI is InChI=1S/C14H18N4O/c19-10-11-3-2-6-18(9-11)14-16-7-12(8-17-14)13-4-1-5-15-13/h1,4-5,7-8,11,15,19H,2-3,6,9-10H2. The van der Waals surface area contributed by atoms with Crippen molar-refractivity contribution in [1.82, 2.24) is 15.0 Å². The summed E-state index contributed by atoms with van der Waals surface area (Å²) in [5, 5.41) is 9.25. The van der Waals surface area contributed by atoms with Gasteiger partial charge in [-0.15, -0.1) is 0 Å². The fourth-order valence-corrected chi connectivity index (χ4v) is 2.53. The highest BCUT2D eigenvalue weighted by Gasteiger charge is 2.20. The molecule has 0 saturated carbocycles. The Kier molecular flexibility index (Phi) is 3.46. The number of rotatable bonds is 3. The first-order valence-electron chi connectivity index (χ1n) is 6.68. The fourth-order valence-electron chi connectivity index (χ4n) is 2.53. The zero-order valence-corrected chi connectivity index (χ0v) is 10.8. The first-order chi connectivity index (χ1) is 9.36. The summed E-state index contributed by atoms with van der Waals surface area (Å²) in [7, 11) is 0. The van der Waals surface area contributed by atoms with Gasteiger partial charge in [0.15, 0.2) is 0 Å². The molecule has 100 valence electrons. The van der Waals surface area contributed by atoms with E-state index in [1.807, 2.05) is 30.7 Å². The molecule has 19 heavy (non-hydrogen) atoms. The zero-order chi connectivity index (χ0) is 13.1. The molecule has 3 rings (SSSR count). The largest absolute Gasteiger partial charge is 0.396 e. The molecule has 0 spiro atoms. The zero-order valence-electron chi connectivity index (χ0n) is 10.8. The molecular formula is C14H18N4O. The minimum atomic E-state index is 0.247. The third-order valence-electron chi connectivity index (χ3n) is 3.61. The lowest BCUT2D eigenvalue weighted by atomic mass is 9.99. The lowest BCUT2D eigenvalue weighted by Gasteiger charge is -2.31. The monoisotopic (exact) mass is 258 g/mol. The predicted molar refractivity (Wildman–Crippen MR) is 73.8 cm³/mol. The van der Waals surface area contributed by atoms with E-state index in [2.05, 4.69) is 19.9 Å². The van der Waals surface area contributed by atoms with Crippen molar-refractivity contribution < 1.29 is 5.11 Å². The number of aromatic amines is 1. The lowest BCUT2D eigenvalue weighted by Crippen LogP contribution is -2.37. The Morgan fingerprint density at radius 3 is 2.89 bits per heavy atom. The van der Waals surface area contributed by atoms with Gasteiger partial charge in [0.2, 0.25) is 5.95 Å². The van der Waals surface area contributed by atoms with Crippen LogP contribution in [0.3, 0.4) is 0 Å². The van der Waals surface area contributed by atoms with Gasteiger partial charge in [0.05, 0.1) is 0 Å². The first kappa shape index (κ1) is 12.2. The summed E-state index contributed by atoms with van der Waals surface area (Å²) < 4.78 is 0.